The molecule has 0 amide bonds. The van der Waals surface area contributed by atoms with E-state index in [0.717, 1.165) is 18.6 Å². The van der Waals surface area contributed by atoms with Gasteiger partial charge in [-0.15, -0.1) is 0 Å². The van der Waals surface area contributed by atoms with Crippen LogP contribution in [0.4, 0.5) is 14.5 Å². The van der Waals surface area contributed by atoms with E-state index in [1.54, 1.807) is 11.0 Å². The van der Waals surface area contributed by atoms with Gasteiger partial charge in [0.05, 0.1) is 11.6 Å². The van der Waals surface area contributed by atoms with Gasteiger partial charge in [-0.2, -0.15) is 5.26 Å². The molecule has 1 aliphatic heterocycles. The van der Waals surface area contributed by atoms with Crippen LogP contribution < -0.4 is 4.90 Å². The molecule has 0 saturated carbocycles. The molecule has 1 aliphatic rings. The normalized spacial score (nSPS) is 23.8. The molecule has 2 nitrogen and oxygen atoms in total. The predicted molar refractivity (Wildman–Crippen MR) is 61.7 cm³/mol. The van der Waals surface area contributed by atoms with Crippen LogP contribution in [0.1, 0.15) is 25.8 Å². The van der Waals surface area contributed by atoms with Crippen molar-refractivity contribution in [2.75, 3.05) is 11.4 Å². The zero-order valence-corrected chi connectivity index (χ0v) is 9.87. The van der Waals surface area contributed by atoms with Gasteiger partial charge in [0.15, 0.2) is 11.6 Å². The Morgan fingerprint density at radius 3 is 2.29 bits per heavy atom. The van der Waals surface area contributed by atoms with Crippen LogP contribution in [-0.2, 0) is 0 Å². The smallest absolute Gasteiger partial charge is 0.150 e. The quantitative estimate of drug-likeness (QED) is 0.749. The van der Waals surface area contributed by atoms with Crippen molar-refractivity contribution in [1.29, 1.82) is 5.26 Å². The molecule has 0 spiro atoms. The minimum Gasteiger partial charge on any atom is -0.364 e. The Morgan fingerprint density at radius 2 is 1.88 bits per heavy atom. The van der Waals surface area contributed by atoms with Gasteiger partial charge in [-0.05, 0) is 31.4 Å². The summed E-state index contributed by atoms with van der Waals surface area (Å²) >= 11 is 0. The van der Waals surface area contributed by atoms with Gasteiger partial charge in [-0.1, -0.05) is 6.92 Å². The monoisotopic (exact) mass is 236 g/mol. The maximum absolute atomic E-state index is 13.8. The topological polar surface area (TPSA) is 27.0 Å². The van der Waals surface area contributed by atoms with Gasteiger partial charge in [-0.25, -0.2) is 8.78 Å². The SMILES string of the molecule is CC1CCN(c2c(F)cc(C#N)cc2F)C1C. The molecule has 1 saturated heterocycles. The van der Waals surface area contributed by atoms with Crippen LogP contribution in [-0.4, -0.2) is 12.6 Å². The molecule has 2 rings (SSSR count). The van der Waals surface area contributed by atoms with Gasteiger partial charge in [0.25, 0.3) is 0 Å². The van der Waals surface area contributed by atoms with Crippen LogP contribution in [0.5, 0.6) is 0 Å². The molecule has 1 fully saturated rings. The number of benzene rings is 1. The molecule has 0 aliphatic carbocycles. The Bertz CT molecular complexity index is 456. The lowest BCUT2D eigenvalue weighted by atomic mass is 10.0. The highest BCUT2D eigenvalue weighted by molar-refractivity contribution is 5.54. The molecular formula is C13H14F2N2. The number of rotatable bonds is 1. The lowest BCUT2D eigenvalue weighted by Crippen LogP contribution is -2.30. The first-order valence-corrected chi connectivity index (χ1v) is 5.70. The van der Waals surface area contributed by atoms with Crippen LogP contribution >= 0.6 is 0 Å². The Labute approximate surface area is 99.5 Å². The van der Waals surface area contributed by atoms with E-state index in [1.807, 2.05) is 6.92 Å². The van der Waals surface area contributed by atoms with Crippen molar-refractivity contribution in [2.24, 2.45) is 5.92 Å². The van der Waals surface area contributed by atoms with Crippen LogP contribution in [0.15, 0.2) is 12.1 Å². The lowest BCUT2D eigenvalue weighted by molar-refractivity contribution is 0.526. The number of halogens is 2. The highest BCUT2D eigenvalue weighted by Crippen LogP contribution is 2.33. The van der Waals surface area contributed by atoms with Crippen LogP contribution in [0.3, 0.4) is 0 Å². The Balaban J connectivity index is 2.43. The first kappa shape index (κ1) is 11.8. The fourth-order valence-corrected chi connectivity index (χ4v) is 2.31. The molecule has 2 atom stereocenters. The molecule has 90 valence electrons. The molecule has 1 heterocycles. The number of hydrogen-bond donors (Lipinski definition) is 0. The molecule has 4 heteroatoms. The van der Waals surface area contributed by atoms with Gasteiger partial charge < -0.3 is 4.90 Å². The molecule has 0 radical (unpaired) electrons. The maximum Gasteiger partial charge on any atom is 0.150 e. The summed E-state index contributed by atoms with van der Waals surface area (Å²) in [5.41, 5.74) is 0.0181. The Kier molecular flexibility index (Phi) is 3.01. The Hall–Kier alpha value is -1.63. The average Bonchev–Trinajstić information content (AvgIpc) is 2.60. The summed E-state index contributed by atoms with van der Waals surface area (Å²) in [6, 6.07) is 4.05. The fraction of sp³-hybridized carbons (Fsp3) is 0.462. The summed E-state index contributed by atoms with van der Waals surface area (Å²) in [5, 5.41) is 8.64. The van der Waals surface area contributed by atoms with Gasteiger partial charge in [0.1, 0.15) is 5.69 Å². The highest BCUT2D eigenvalue weighted by Gasteiger charge is 2.31. The van der Waals surface area contributed by atoms with Gasteiger partial charge >= 0.3 is 0 Å². The number of nitrogens with zero attached hydrogens (tertiary/aromatic N) is 2. The second-order valence-electron chi connectivity index (χ2n) is 4.60. The molecule has 1 aromatic carbocycles. The standard InChI is InChI=1S/C13H14F2N2/c1-8-3-4-17(9(8)2)13-11(14)5-10(7-16)6-12(13)15/h5-6,8-9H,3-4H2,1-2H3. The molecule has 1 aromatic rings. The van der Waals surface area contributed by atoms with Crippen molar-refractivity contribution < 1.29 is 8.78 Å². The second-order valence-corrected chi connectivity index (χ2v) is 4.60. The summed E-state index contributed by atoms with van der Waals surface area (Å²) in [6.45, 7) is 4.70. The minimum atomic E-state index is -0.650. The highest BCUT2D eigenvalue weighted by atomic mass is 19.1. The van der Waals surface area contributed by atoms with E-state index < -0.39 is 11.6 Å². The van der Waals surface area contributed by atoms with Crippen molar-refractivity contribution in [3.63, 3.8) is 0 Å². The van der Waals surface area contributed by atoms with Gasteiger partial charge in [0, 0.05) is 12.6 Å². The fourth-order valence-electron chi connectivity index (χ4n) is 2.31. The first-order valence-electron chi connectivity index (χ1n) is 5.70. The third-order valence-corrected chi connectivity index (χ3v) is 3.57. The lowest BCUT2D eigenvalue weighted by Gasteiger charge is -2.26. The van der Waals surface area contributed by atoms with E-state index in [9.17, 15) is 8.78 Å². The second kappa shape index (κ2) is 4.33. The van der Waals surface area contributed by atoms with E-state index in [2.05, 4.69) is 6.92 Å². The minimum absolute atomic E-state index is 0.000787. The largest absolute Gasteiger partial charge is 0.364 e. The predicted octanol–water partition coefficient (Wildman–Crippen LogP) is 3.07. The summed E-state index contributed by atoms with van der Waals surface area (Å²) < 4.78 is 27.6. The molecule has 2 unspecified atom stereocenters. The van der Waals surface area contributed by atoms with Crippen molar-refractivity contribution in [3.8, 4) is 6.07 Å². The zero-order chi connectivity index (χ0) is 12.6. The van der Waals surface area contributed by atoms with E-state index in [4.69, 9.17) is 5.26 Å². The van der Waals surface area contributed by atoms with E-state index in [1.165, 1.54) is 0 Å². The molecule has 0 aromatic heterocycles. The Morgan fingerprint density at radius 1 is 1.29 bits per heavy atom. The first-order chi connectivity index (χ1) is 8.04. The van der Waals surface area contributed by atoms with Gasteiger partial charge in [0.2, 0.25) is 0 Å². The maximum atomic E-state index is 13.8. The summed E-state index contributed by atoms with van der Waals surface area (Å²) in [7, 11) is 0. The average molecular weight is 236 g/mol. The number of anilines is 1. The van der Waals surface area contributed by atoms with Crippen molar-refractivity contribution >= 4 is 5.69 Å². The van der Waals surface area contributed by atoms with Crippen molar-refractivity contribution in [3.05, 3.63) is 29.3 Å². The number of nitriles is 1. The molecule has 0 N–H and O–H groups in total. The van der Waals surface area contributed by atoms with E-state index >= 15 is 0 Å². The molecule has 0 bridgehead atoms. The van der Waals surface area contributed by atoms with E-state index in [-0.39, 0.29) is 17.3 Å². The van der Waals surface area contributed by atoms with Crippen LogP contribution in [0, 0.1) is 28.9 Å². The van der Waals surface area contributed by atoms with Crippen LogP contribution in [0.25, 0.3) is 0 Å². The zero-order valence-electron chi connectivity index (χ0n) is 9.87. The third-order valence-electron chi connectivity index (χ3n) is 3.57. The molecular weight excluding hydrogens is 222 g/mol. The van der Waals surface area contributed by atoms with Crippen LogP contribution in [0.2, 0.25) is 0 Å². The molecule has 17 heavy (non-hydrogen) atoms. The number of hydrogen-bond acceptors (Lipinski definition) is 2. The summed E-state index contributed by atoms with van der Waals surface area (Å²) in [4.78, 5) is 1.75. The van der Waals surface area contributed by atoms with Crippen molar-refractivity contribution in [2.45, 2.75) is 26.3 Å². The van der Waals surface area contributed by atoms with E-state index in [0.29, 0.717) is 12.5 Å². The van der Waals surface area contributed by atoms with Crippen molar-refractivity contribution in [1.82, 2.24) is 0 Å². The van der Waals surface area contributed by atoms with Gasteiger partial charge in [-0.3, -0.25) is 0 Å². The summed E-state index contributed by atoms with van der Waals surface area (Å²) in [6.07, 6.45) is 0.931. The summed E-state index contributed by atoms with van der Waals surface area (Å²) in [5.74, 6) is -0.880. The third kappa shape index (κ3) is 1.97.